The third-order valence-corrected chi connectivity index (χ3v) is 19.6. The minimum absolute atomic E-state index is 0.105. The largest absolute Gasteiger partial charge is 0.472 e. The average Bonchev–Trinajstić information content (AvgIpc) is 1.78. The first-order valence-corrected chi connectivity index (χ1v) is 42.5. The maximum absolute atomic E-state index is 13.1. The summed E-state index contributed by atoms with van der Waals surface area (Å²) in [4.78, 5) is 72.7. The van der Waals surface area contributed by atoms with E-state index in [4.69, 9.17) is 37.0 Å². The first-order valence-electron chi connectivity index (χ1n) is 39.5. The lowest BCUT2D eigenvalue weighted by atomic mass is 10.0. The molecule has 19 heteroatoms. The molecule has 2 unspecified atom stereocenters. The third kappa shape index (κ3) is 70.3. The third-order valence-electron chi connectivity index (χ3n) is 17.7. The number of aliphatic hydroxyl groups excluding tert-OH is 1. The number of phosphoric acid groups is 2. The van der Waals surface area contributed by atoms with Crippen molar-refractivity contribution in [2.45, 2.75) is 413 Å². The number of aliphatic hydroxyl groups is 1. The molecule has 0 amide bonds. The van der Waals surface area contributed by atoms with Crippen LogP contribution in [0.15, 0.2) is 0 Å². The average molecular weight is 1400 g/mol. The Balaban J connectivity index is 5.20. The summed E-state index contributed by atoms with van der Waals surface area (Å²) >= 11 is 0. The molecule has 5 atom stereocenters. The van der Waals surface area contributed by atoms with Gasteiger partial charge in [-0.15, -0.1) is 0 Å². The van der Waals surface area contributed by atoms with Gasteiger partial charge in [-0.25, -0.2) is 9.13 Å². The lowest BCUT2D eigenvalue weighted by molar-refractivity contribution is -0.161. The van der Waals surface area contributed by atoms with E-state index in [2.05, 4.69) is 41.5 Å². The van der Waals surface area contributed by atoms with Crippen LogP contribution < -0.4 is 0 Å². The zero-order valence-electron chi connectivity index (χ0n) is 62.0. The number of hydrogen-bond acceptors (Lipinski definition) is 15. The van der Waals surface area contributed by atoms with Crippen LogP contribution in [-0.4, -0.2) is 96.7 Å². The van der Waals surface area contributed by atoms with Gasteiger partial charge in [-0.05, 0) is 37.5 Å². The van der Waals surface area contributed by atoms with Crippen molar-refractivity contribution in [2.24, 2.45) is 11.8 Å². The van der Waals surface area contributed by atoms with Crippen LogP contribution >= 0.6 is 15.6 Å². The predicted molar refractivity (Wildman–Crippen MR) is 386 cm³/mol. The van der Waals surface area contributed by atoms with Gasteiger partial charge in [0.1, 0.15) is 19.3 Å². The molecule has 0 fully saturated rings. The number of carbonyl (C=O) groups excluding carboxylic acids is 4. The summed E-state index contributed by atoms with van der Waals surface area (Å²) in [7, 11) is -9.91. The Hall–Kier alpha value is -1.94. The number of rotatable bonds is 75. The van der Waals surface area contributed by atoms with Gasteiger partial charge in [-0.1, -0.05) is 343 Å². The van der Waals surface area contributed by atoms with E-state index in [0.717, 1.165) is 102 Å². The Bertz CT molecular complexity index is 1840. The van der Waals surface area contributed by atoms with Crippen molar-refractivity contribution in [1.82, 2.24) is 0 Å². The maximum Gasteiger partial charge on any atom is 0.472 e. The van der Waals surface area contributed by atoms with Crippen molar-refractivity contribution < 1.29 is 80.2 Å². The molecular formula is C76H148O17P2. The van der Waals surface area contributed by atoms with E-state index in [-0.39, 0.29) is 25.7 Å². The van der Waals surface area contributed by atoms with Crippen LogP contribution in [0.1, 0.15) is 395 Å². The van der Waals surface area contributed by atoms with Gasteiger partial charge in [-0.2, -0.15) is 0 Å². The van der Waals surface area contributed by atoms with Gasteiger partial charge < -0.3 is 33.8 Å². The summed E-state index contributed by atoms with van der Waals surface area (Å²) in [6, 6.07) is 0. The molecule has 95 heavy (non-hydrogen) atoms. The molecule has 0 spiro atoms. The first-order chi connectivity index (χ1) is 45.9. The lowest BCUT2D eigenvalue weighted by Gasteiger charge is -2.21. The lowest BCUT2D eigenvalue weighted by Crippen LogP contribution is -2.30. The first kappa shape index (κ1) is 93.1. The summed E-state index contributed by atoms with van der Waals surface area (Å²) in [6.45, 7) is 9.55. The van der Waals surface area contributed by atoms with Crippen LogP contribution in [0.2, 0.25) is 0 Å². The molecule has 0 aliphatic rings. The smallest absolute Gasteiger partial charge is 0.462 e. The minimum Gasteiger partial charge on any atom is -0.462 e. The number of carbonyl (C=O) groups is 4. The zero-order chi connectivity index (χ0) is 70.0. The minimum atomic E-state index is -4.96. The second-order valence-electron chi connectivity index (χ2n) is 28.3. The molecule has 0 aromatic heterocycles. The Morgan fingerprint density at radius 1 is 0.284 bits per heavy atom. The molecule has 0 radical (unpaired) electrons. The molecule has 0 aliphatic heterocycles. The van der Waals surface area contributed by atoms with E-state index in [9.17, 15) is 43.2 Å². The number of ether oxygens (including phenoxy) is 4. The quantitative estimate of drug-likeness (QED) is 0.0222. The Morgan fingerprint density at radius 3 is 0.716 bits per heavy atom. The van der Waals surface area contributed by atoms with Gasteiger partial charge in [0.15, 0.2) is 12.2 Å². The van der Waals surface area contributed by atoms with E-state index < -0.39 is 97.5 Å². The second kappa shape index (κ2) is 67.9. The van der Waals surface area contributed by atoms with Crippen molar-refractivity contribution in [3.63, 3.8) is 0 Å². The molecule has 0 aromatic rings. The molecule has 0 saturated heterocycles. The highest BCUT2D eigenvalue weighted by Gasteiger charge is 2.30. The van der Waals surface area contributed by atoms with Crippen LogP contribution in [0, 0.1) is 11.8 Å². The number of phosphoric ester groups is 2. The van der Waals surface area contributed by atoms with Crippen LogP contribution in [0.25, 0.3) is 0 Å². The highest BCUT2D eigenvalue weighted by atomic mass is 31.2. The molecule has 0 heterocycles. The SMILES string of the molecule is CCCCCCCCCCCCCCCCCCCCCCC(=O)O[C@H](COC(=O)CCCCCCCCCCCCCCC(C)C)COP(=O)(O)OC[C@@H](O)COP(=O)(O)OC[C@@H](COC(=O)CCCCCCCCCCC)OC(=O)CCCCCCCCCCC(C)C. The molecule has 0 saturated carbocycles. The van der Waals surface area contributed by atoms with E-state index in [1.807, 2.05) is 0 Å². The standard InChI is InChI=1S/C76H148O17P2/c1-7-9-11-13-15-17-18-19-20-21-22-23-24-25-26-31-35-42-48-54-60-75(80)92-71(65-87-74(79)59-53-47-41-34-30-28-27-29-33-38-44-50-56-68(3)4)66-90-94(82,83)88-62-70(77)63-89-95(84,85)91-67-72(64-86-73(78)58-52-46-40-32-16-14-12-10-8-2)93-76(81)61-55-49-43-37-36-39-45-51-57-69(5)6/h68-72,77H,7-67H2,1-6H3,(H,82,83)(H,84,85)/t70-,71-,72-/m1/s1. The molecule has 0 bridgehead atoms. The molecule has 0 aromatic carbocycles. The fraction of sp³-hybridized carbons (Fsp3) is 0.947. The molecule has 17 nitrogen and oxygen atoms in total. The number of unbranched alkanes of at least 4 members (excludes halogenated alkanes) is 45. The Morgan fingerprint density at radius 2 is 0.484 bits per heavy atom. The highest BCUT2D eigenvalue weighted by molar-refractivity contribution is 7.47. The van der Waals surface area contributed by atoms with Crippen molar-refractivity contribution in [1.29, 1.82) is 0 Å². The highest BCUT2D eigenvalue weighted by Crippen LogP contribution is 2.45. The maximum atomic E-state index is 13.1. The summed E-state index contributed by atoms with van der Waals surface area (Å²) in [5.74, 6) is -0.619. The molecule has 0 rings (SSSR count). The monoisotopic (exact) mass is 1400 g/mol. The summed E-state index contributed by atoms with van der Waals surface area (Å²) in [5.41, 5.74) is 0. The van der Waals surface area contributed by atoms with Gasteiger partial charge >= 0.3 is 39.5 Å². The Labute approximate surface area is 581 Å². The van der Waals surface area contributed by atoms with Gasteiger partial charge in [0.25, 0.3) is 0 Å². The number of esters is 4. The van der Waals surface area contributed by atoms with Gasteiger partial charge in [0, 0.05) is 25.7 Å². The van der Waals surface area contributed by atoms with Gasteiger partial charge in [-0.3, -0.25) is 37.3 Å². The predicted octanol–water partition coefficient (Wildman–Crippen LogP) is 22.3. The normalized spacial score (nSPS) is 14.0. The summed E-state index contributed by atoms with van der Waals surface area (Å²) in [6.07, 6.45) is 55.6. The van der Waals surface area contributed by atoms with Crippen molar-refractivity contribution in [2.75, 3.05) is 39.6 Å². The van der Waals surface area contributed by atoms with E-state index >= 15 is 0 Å². The molecule has 0 aliphatic carbocycles. The van der Waals surface area contributed by atoms with Crippen molar-refractivity contribution >= 4 is 39.5 Å². The number of hydrogen-bond donors (Lipinski definition) is 3. The van der Waals surface area contributed by atoms with Crippen LogP contribution in [0.3, 0.4) is 0 Å². The molecule has 564 valence electrons. The van der Waals surface area contributed by atoms with E-state index in [1.165, 1.54) is 212 Å². The van der Waals surface area contributed by atoms with Crippen LogP contribution in [0.4, 0.5) is 0 Å². The van der Waals surface area contributed by atoms with E-state index in [1.54, 1.807) is 0 Å². The fourth-order valence-electron chi connectivity index (χ4n) is 11.7. The molecular weight excluding hydrogens is 1250 g/mol. The van der Waals surface area contributed by atoms with E-state index in [0.29, 0.717) is 25.7 Å². The summed E-state index contributed by atoms with van der Waals surface area (Å²) in [5, 5.41) is 10.6. The topological polar surface area (TPSA) is 237 Å². The van der Waals surface area contributed by atoms with Crippen molar-refractivity contribution in [3.8, 4) is 0 Å². The second-order valence-corrected chi connectivity index (χ2v) is 31.3. The van der Waals surface area contributed by atoms with Gasteiger partial charge in [0.2, 0.25) is 0 Å². The Kier molecular flexibility index (Phi) is 66.5. The van der Waals surface area contributed by atoms with Crippen LogP contribution in [-0.2, 0) is 65.4 Å². The zero-order valence-corrected chi connectivity index (χ0v) is 63.8. The van der Waals surface area contributed by atoms with Gasteiger partial charge in [0.05, 0.1) is 26.4 Å². The van der Waals surface area contributed by atoms with Crippen molar-refractivity contribution in [3.05, 3.63) is 0 Å². The summed E-state index contributed by atoms with van der Waals surface area (Å²) < 4.78 is 68.5. The van der Waals surface area contributed by atoms with Crippen LogP contribution in [0.5, 0.6) is 0 Å². The molecule has 3 N–H and O–H groups in total. The fourth-order valence-corrected chi connectivity index (χ4v) is 13.2.